The number of carbonyl (C=O) groups excluding carboxylic acids is 1. The lowest BCUT2D eigenvalue weighted by Gasteiger charge is -2.04. The third-order valence-corrected chi connectivity index (χ3v) is 4.23. The van der Waals surface area contributed by atoms with E-state index in [2.05, 4.69) is 17.2 Å². The van der Waals surface area contributed by atoms with E-state index in [0.717, 1.165) is 31.4 Å². The average Bonchev–Trinajstić information content (AvgIpc) is 3.01. The molecule has 3 rings (SSSR count). The first-order valence-corrected chi connectivity index (χ1v) is 8.71. The number of amides is 1. The zero-order valence-corrected chi connectivity index (χ0v) is 14.9. The molecular formula is C19H17ClF2N2O2. The molecule has 4 nitrogen and oxygen atoms in total. The molecule has 0 bridgehead atoms. The third-order valence-electron chi connectivity index (χ3n) is 3.92. The van der Waals surface area contributed by atoms with Gasteiger partial charge in [0.15, 0.2) is 17.2 Å². The van der Waals surface area contributed by atoms with Gasteiger partial charge in [-0.15, -0.1) is 0 Å². The van der Waals surface area contributed by atoms with Crippen LogP contribution in [0.1, 0.15) is 32.6 Å². The molecule has 0 aliphatic rings. The highest BCUT2D eigenvalue weighted by Crippen LogP contribution is 2.32. The van der Waals surface area contributed by atoms with Crippen molar-refractivity contribution in [1.29, 1.82) is 0 Å². The highest BCUT2D eigenvalue weighted by molar-refractivity contribution is 6.33. The molecule has 0 atom stereocenters. The molecule has 1 N–H and O–H groups in total. The SMILES string of the molecule is CCCCCC(=O)Nc1ccc2oc(-c3cc(F)c(F)cc3Cl)nc2c1. The molecule has 0 aliphatic heterocycles. The number of oxazole rings is 1. The number of hydrogen-bond donors (Lipinski definition) is 1. The van der Waals surface area contributed by atoms with Crippen LogP contribution in [-0.4, -0.2) is 10.9 Å². The van der Waals surface area contributed by atoms with Crippen LogP contribution in [-0.2, 0) is 4.79 Å². The number of anilines is 1. The van der Waals surface area contributed by atoms with Crippen LogP contribution >= 0.6 is 11.6 Å². The summed E-state index contributed by atoms with van der Waals surface area (Å²) < 4.78 is 32.3. The molecule has 0 unspecified atom stereocenters. The van der Waals surface area contributed by atoms with Crippen LogP contribution in [0.2, 0.25) is 5.02 Å². The number of rotatable bonds is 6. The molecule has 0 fully saturated rings. The topological polar surface area (TPSA) is 55.1 Å². The first-order valence-electron chi connectivity index (χ1n) is 8.33. The van der Waals surface area contributed by atoms with E-state index in [-0.39, 0.29) is 22.4 Å². The van der Waals surface area contributed by atoms with E-state index in [1.807, 2.05) is 0 Å². The maximum atomic E-state index is 13.5. The summed E-state index contributed by atoms with van der Waals surface area (Å²) in [6.07, 6.45) is 3.36. The standard InChI is InChI=1S/C19H17ClF2N2O2/c1-2-3-4-5-18(25)23-11-6-7-17-16(8-11)24-19(26-17)12-9-14(21)15(22)10-13(12)20/h6-10H,2-5H2,1H3,(H,23,25). The van der Waals surface area contributed by atoms with Crippen molar-refractivity contribution in [2.75, 3.05) is 5.32 Å². The Labute approximate surface area is 154 Å². The number of nitrogens with zero attached hydrogens (tertiary/aromatic N) is 1. The number of hydrogen-bond acceptors (Lipinski definition) is 3. The van der Waals surface area contributed by atoms with E-state index in [0.29, 0.717) is 23.2 Å². The lowest BCUT2D eigenvalue weighted by molar-refractivity contribution is -0.116. The smallest absolute Gasteiger partial charge is 0.228 e. The van der Waals surface area contributed by atoms with Crippen molar-refractivity contribution >= 4 is 34.3 Å². The maximum absolute atomic E-state index is 13.5. The molecular weight excluding hydrogens is 362 g/mol. The number of aromatic nitrogens is 1. The van der Waals surface area contributed by atoms with Crippen molar-refractivity contribution in [3.05, 3.63) is 47.0 Å². The van der Waals surface area contributed by atoms with E-state index >= 15 is 0 Å². The van der Waals surface area contributed by atoms with Crippen molar-refractivity contribution in [1.82, 2.24) is 4.98 Å². The van der Waals surface area contributed by atoms with Gasteiger partial charge in [-0.1, -0.05) is 31.4 Å². The quantitative estimate of drug-likeness (QED) is 0.426. The van der Waals surface area contributed by atoms with Crippen molar-refractivity contribution < 1.29 is 18.0 Å². The van der Waals surface area contributed by atoms with Crippen molar-refractivity contribution in [2.24, 2.45) is 0 Å². The Morgan fingerprint density at radius 2 is 1.96 bits per heavy atom. The Balaban J connectivity index is 1.84. The van der Waals surface area contributed by atoms with Crippen molar-refractivity contribution in [2.45, 2.75) is 32.6 Å². The Kier molecular flexibility index (Phi) is 5.52. The van der Waals surface area contributed by atoms with Gasteiger partial charge in [-0.2, -0.15) is 0 Å². The maximum Gasteiger partial charge on any atom is 0.228 e. The molecule has 0 aliphatic carbocycles. The molecule has 1 amide bonds. The van der Waals surface area contributed by atoms with Crippen LogP contribution < -0.4 is 5.32 Å². The van der Waals surface area contributed by atoms with E-state index in [1.54, 1.807) is 18.2 Å². The number of carbonyl (C=O) groups is 1. The summed E-state index contributed by atoms with van der Waals surface area (Å²) in [7, 11) is 0. The van der Waals surface area contributed by atoms with Gasteiger partial charge in [-0.05, 0) is 36.8 Å². The minimum absolute atomic E-state index is 0.0000866. The molecule has 0 radical (unpaired) electrons. The van der Waals surface area contributed by atoms with Gasteiger partial charge in [0.05, 0.1) is 10.6 Å². The van der Waals surface area contributed by atoms with Gasteiger partial charge < -0.3 is 9.73 Å². The van der Waals surface area contributed by atoms with E-state index in [1.165, 1.54) is 0 Å². The lowest BCUT2D eigenvalue weighted by Crippen LogP contribution is -2.10. The van der Waals surface area contributed by atoms with Gasteiger partial charge in [-0.25, -0.2) is 13.8 Å². The number of halogens is 3. The van der Waals surface area contributed by atoms with Crippen LogP contribution in [0, 0.1) is 11.6 Å². The Morgan fingerprint density at radius 3 is 2.73 bits per heavy atom. The minimum Gasteiger partial charge on any atom is -0.436 e. The minimum atomic E-state index is -1.04. The first kappa shape index (κ1) is 18.3. The summed E-state index contributed by atoms with van der Waals surface area (Å²) in [5.74, 6) is -2.06. The number of fused-ring (bicyclic) bond motifs is 1. The molecule has 1 heterocycles. The van der Waals surface area contributed by atoms with Gasteiger partial charge in [-0.3, -0.25) is 4.79 Å². The number of nitrogens with one attached hydrogen (secondary N) is 1. The van der Waals surface area contributed by atoms with Crippen LogP contribution in [0.15, 0.2) is 34.7 Å². The fourth-order valence-electron chi connectivity index (χ4n) is 2.57. The molecule has 26 heavy (non-hydrogen) atoms. The zero-order valence-electron chi connectivity index (χ0n) is 14.1. The summed E-state index contributed by atoms with van der Waals surface area (Å²) in [6.45, 7) is 2.08. The highest BCUT2D eigenvalue weighted by atomic mass is 35.5. The second-order valence-electron chi connectivity index (χ2n) is 5.95. The molecule has 7 heteroatoms. The van der Waals surface area contributed by atoms with Gasteiger partial charge in [0, 0.05) is 12.1 Å². The normalized spacial score (nSPS) is 11.1. The third kappa shape index (κ3) is 4.02. The predicted octanol–water partition coefficient (Wildman–Crippen LogP) is 5.95. The first-order chi connectivity index (χ1) is 12.5. The number of unbranched alkanes of at least 4 members (excludes halogenated alkanes) is 2. The highest BCUT2D eigenvalue weighted by Gasteiger charge is 2.16. The summed E-state index contributed by atoms with van der Waals surface area (Å²) in [4.78, 5) is 16.2. The summed E-state index contributed by atoms with van der Waals surface area (Å²) in [5.41, 5.74) is 1.68. The van der Waals surface area contributed by atoms with Crippen LogP contribution in [0.5, 0.6) is 0 Å². The fraction of sp³-hybridized carbons (Fsp3) is 0.263. The summed E-state index contributed by atoms with van der Waals surface area (Å²) in [6, 6.07) is 6.83. The summed E-state index contributed by atoms with van der Waals surface area (Å²) in [5, 5.41) is 2.81. The van der Waals surface area contributed by atoms with E-state index in [9.17, 15) is 13.6 Å². The van der Waals surface area contributed by atoms with Crippen LogP contribution in [0.3, 0.4) is 0 Å². The fourth-order valence-corrected chi connectivity index (χ4v) is 2.80. The molecule has 1 aromatic heterocycles. The van der Waals surface area contributed by atoms with E-state index < -0.39 is 11.6 Å². The predicted molar refractivity (Wildman–Crippen MR) is 97.1 cm³/mol. The van der Waals surface area contributed by atoms with Crippen molar-refractivity contribution in [3.63, 3.8) is 0 Å². The number of benzene rings is 2. The monoisotopic (exact) mass is 378 g/mol. The van der Waals surface area contributed by atoms with E-state index in [4.69, 9.17) is 16.0 Å². The Hall–Kier alpha value is -2.47. The Bertz CT molecular complexity index is 956. The molecule has 0 saturated carbocycles. The van der Waals surface area contributed by atoms with Gasteiger partial charge in [0.1, 0.15) is 5.52 Å². The largest absolute Gasteiger partial charge is 0.436 e. The molecule has 0 spiro atoms. The average molecular weight is 379 g/mol. The Morgan fingerprint density at radius 1 is 1.19 bits per heavy atom. The van der Waals surface area contributed by atoms with Gasteiger partial charge >= 0.3 is 0 Å². The second-order valence-corrected chi connectivity index (χ2v) is 6.36. The lowest BCUT2D eigenvalue weighted by atomic mass is 10.2. The second kappa shape index (κ2) is 7.83. The zero-order chi connectivity index (χ0) is 18.7. The molecule has 136 valence electrons. The summed E-state index contributed by atoms with van der Waals surface area (Å²) >= 11 is 5.96. The molecule has 2 aromatic carbocycles. The van der Waals surface area contributed by atoms with Gasteiger partial charge in [0.25, 0.3) is 0 Å². The van der Waals surface area contributed by atoms with Crippen molar-refractivity contribution in [3.8, 4) is 11.5 Å². The molecule has 0 saturated heterocycles. The van der Waals surface area contributed by atoms with Gasteiger partial charge in [0.2, 0.25) is 11.8 Å². The van der Waals surface area contributed by atoms with Crippen LogP contribution in [0.4, 0.5) is 14.5 Å². The molecule has 3 aromatic rings. The van der Waals surface area contributed by atoms with Crippen LogP contribution in [0.25, 0.3) is 22.6 Å².